The van der Waals surface area contributed by atoms with Gasteiger partial charge in [-0.15, -0.1) is 0 Å². The average molecular weight is 256 g/mol. The van der Waals surface area contributed by atoms with Gasteiger partial charge in [0.1, 0.15) is 11.6 Å². The summed E-state index contributed by atoms with van der Waals surface area (Å²) in [6.07, 6.45) is 4.07. The van der Waals surface area contributed by atoms with E-state index in [4.69, 9.17) is 0 Å². The number of aromatic nitrogens is 3. The Bertz CT molecular complexity index is 629. The van der Waals surface area contributed by atoms with Crippen LogP contribution in [0.2, 0.25) is 0 Å². The SMILES string of the molecule is Cc1ccc(CNc2cc(=O)[nH]c(C3CC3)n2)cn1. The molecule has 0 bridgehead atoms. The van der Waals surface area contributed by atoms with Gasteiger partial charge in [0.25, 0.3) is 5.56 Å². The molecule has 19 heavy (non-hydrogen) atoms. The Labute approximate surface area is 111 Å². The molecule has 0 spiro atoms. The lowest BCUT2D eigenvalue weighted by Crippen LogP contribution is -2.13. The molecule has 3 rings (SSSR count). The molecule has 2 aromatic heterocycles. The highest BCUT2D eigenvalue weighted by molar-refractivity contribution is 5.35. The molecule has 0 atom stereocenters. The van der Waals surface area contributed by atoms with Crippen molar-refractivity contribution in [3.8, 4) is 0 Å². The zero-order valence-corrected chi connectivity index (χ0v) is 10.8. The lowest BCUT2D eigenvalue weighted by Gasteiger charge is -2.07. The minimum Gasteiger partial charge on any atom is -0.366 e. The summed E-state index contributed by atoms with van der Waals surface area (Å²) in [4.78, 5) is 23.0. The molecule has 0 aromatic carbocycles. The molecule has 98 valence electrons. The van der Waals surface area contributed by atoms with Crippen molar-refractivity contribution in [3.63, 3.8) is 0 Å². The minimum absolute atomic E-state index is 0.0959. The third kappa shape index (κ3) is 2.99. The van der Waals surface area contributed by atoms with Crippen LogP contribution in [0.15, 0.2) is 29.2 Å². The molecule has 0 radical (unpaired) electrons. The maximum Gasteiger partial charge on any atom is 0.252 e. The van der Waals surface area contributed by atoms with Crippen LogP contribution < -0.4 is 10.9 Å². The van der Waals surface area contributed by atoms with Crippen LogP contribution in [-0.4, -0.2) is 15.0 Å². The van der Waals surface area contributed by atoms with E-state index in [9.17, 15) is 4.79 Å². The number of nitrogens with zero attached hydrogens (tertiary/aromatic N) is 2. The first-order chi connectivity index (χ1) is 9.20. The zero-order valence-electron chi connectivity index (χ0n) is 10.8. The smallest absolute Gasteiger partial charge is 0.252 e. The van der Waals surface area contributed by atoms with Crippen LogP contribution >= 0.6 is 0 Å². The lowest BCUT2D eigenvalue weighted by molar-refractivity contribution is 0.903. The van der Waals surface area contributed by atoms with Gasteiger partial charge in [-0.3, -0.25) is 9.78 Å². The number of aromatic amines is 1. The van der Waals surface area contributed by atoms with Crippen molar-refractivity contribution in [2.24, 2.45) is 0 Å². The summed E-state index contributed by atoms with van der Waals surface area (Å²) in [6.45, 7) is 2.57. The van der Waals surface area contributed by atoms with Gasteiger partial charge in [0.05, 0.1) is 0 Å². The molecular weight excluding hydrogens is 240 g/mol. The van der Waals surface area contributed by atoms with Gasteiger partial charge in [0.2, 0.25) is 0 Å². The number of rotatable bonds is 4. The number of H-pyrrole nitrogens is 1. The standard InChI is InChI=1S/C14H16N4O/c1-9-2-3-10(7-15-9)8-16-12-6-13(19)18-14(17-12)11-4-5-11/h2-3,6-7,11H,4-5,8H2,1H3,(H2,16,17,18,19). The molecule has 0 amide bonds. The van der Waals surface area contributed by atoms with E-state index in [1.54, 1.807) is 0 Å². The highest BCUT2D eigenvalue weighted by Gasteiger charge is 2.26. The van der Waals surface area contributed by atoms with E-state index < -0.39 is 0 Å². The maximum atomic E-state index is 11.6. The second-order valence-corrected chi connectivity index (χ2v) is 4.95. The minimum atomic E-state index is -0.0959. The Balaban J connectivity index is 1.72. The van der Waals surface area contributed by atoms with Crippen molar-refractivity contribution in [2.75, 3.05) is 5.32 Å². The number of pyridine rings is 1. The van der Waals surface area contributed by atoms with Gasteiger partial charge in [-0.25, -0.2) is 4.98 Å². The topological polar surface area (TPSA) is 70.7 Å². The fraction of sp³-hybridized carbons (Fsp3) is 0.357. The van der Waals surface area contributed by atoms with Gasteiger partial charge in [-0.1, -0.05) is 6.07 Å². The Kier molecular flexibility index (Phi) is 3.03. The number of hydrogen-bond donors (Lipinski definition) is 2. The van der Waals surface area contributed by atoms with Crippen LogP contribution in [0.25, 0.3) is 0 Å². The highest BCUT2D eigenvalue weighted by atomic mass is 16.1. The van der Waals surface area contributed by atoms with Gasteiger partial charge < -0.3 is 10.3 Å². The Morgan fingerprint density at radius 1 is 1.42 bits per heavy atom. The second-order valence-electron chi connectivity index (χ2n) is 4.95. The summed E-state index contributed by atoms with van der Waals surface area (Å²) in [5.41, 5.74) is 1.97. The Morgan fingerprint density at radius 3 is 2.95 bits per heavy atom. The van der Waals surface area contributed by atoms with Crippen LogP contribution in [0.5, 0.6) is 0 Å². The van der Waals surface area contributed by atoms with Gasteiger partial charge in [-0.05, 0) is 31.4 Å². The summed E-state index contributed by atoms with van der Waals surface area (Å²) in [5, 5.41) is 3.17. The predicted molar refractivity (Wildman–Crippen MR) is 73.1 cm³/mol. The van der Waals surface area contributed by atoms with Gasteiger partial charge in [0.15, 0.2) is 0 Å². The normalized spacial score (nSPS) is 14.4. The quantitative estimate of drug-likeness (QED) is 0.877. The van der Waals surface area contributed by atoms with E-state index in [0.29, 0.717) is 18.3 Å². The summed E-state index contributed by atoms with van der Waals surface area (Å²) in [7, 11) is 0. The van der Waals surface area contributed by atoms with Gasteiger partial charge >= 0.3 is 0 Å². The second kappa shape index (κ2) is 4.84. The van der Waals surface area contributed by atoms with Crippen molar-refractivity contribution >= 4 is 5.82 Å². The number of nitrogens with one attached hydrogen (secondary N) is 2. The third-order valence-electron chi connectivity index (χ3n) is 3.17. The first-order valence-electron chi connectivity index (χ1n) is 6.47. The average Bonchev–Trinajstić information content (AvgIpc) is 3.22. The van der Waals surface area contributed by atoms with E-state index in [0.717, 1.165) is 29.9 Å². The largest absolute Gasteiger partial charge is 0.366 e. The van der Waals surface area contributed by atoms with Crippen LogP contribution in [0.3, 0.4) is 0 Å². The predicted octanol–water partition coefficient (Wildman–Crippen LogP) is 1.96. The summed E-state index contributed by atoms with van der Waals surface area (Å²) < 4.78 is 0. The summed E-state index contributed by atoms with van der Waals surface area (Å²) >= 11 is 0. The molecule has 2 N–H and O–H groups in total. The van der Waals surface area contributed by atoms with Crippen molar-refractivity contribution < 1.29 is 0 Å². The number of aryl methyl sites for hydroxylation is 1. The molecular formula is C14H16N4O. The molecule has 1 fully saturated rings. The van der Waals surface area contributed by atoms with E-state index in [1.165, 1.54) is 6.07 Å². The molecule has 2 aromatic rings. The van der Waals surface area contributed by atoms with Crippen molar-refractivity contribution in [1.29, 1.82) is 0 Å². The van der Waals surface area contributed by atoms with E-state index in [-0.39, 0.29) is 5.56 Å². The molecule has 0 saturated heterocycles. The lowest BCUT2D eigenvalue weighted by atomic mass is 10.2. The molecule has 1 aliphatic rings. The van der Waals surface area contributed by atoms with Gasteiger partial charge in [0, 0.05) is 30.4 Å². The molecule has 1 aliphatic carbocycles. The summed E-state index contributed by atoms with van der Waals surface area (Å²) in [6, 6.07) is 5.48. The number of anilines is 1. The molecule has 5 nitrogen and oxygen atoms in total. The number of hydrogen-bond acceptors (Lipinski definition) is 4. The molecule has 1 saturated carbocycles. The molecule has 0 aliphatic heterocycles. The molecule has 0 unspecified atom stereocenters. The first kappa shape index (κ1) is 11.9. The van der Waals surface area contributed by atoms with Crippen molar-refractivity contribution in [3.05, 3.63) is 51.8 Å². The monoisotopic (exact) mass is 256 g/mol. The fourth-order valence-electron chi connectivity index (χ4n) is 1.91. The van der Waals surface area contributed by atoms with Crippen LogP contribution in [0.4, 0.5) is 5.82 Å². The molecule has 2 heterocycles. The van der Waals surface area contributed by atoms with Crippen LogP contribution in [-0.2, 0) is 6.54 Å². The molecule has 5 heteroatoms. The van der Waals surface area contributed by atoms with Gasteiger partial charge in [-0.2, -0.15) is 0 Å². The maximum absolute atomic E-state index is 11.6. The van der Waals surface area contributed by atoms with E-state index in [1.807, 2.05) is 25.3 Å². The van der Waals surface area contributed by atoms with E-state index >= 15 is 0 Å². The van der Waals surface area contributed by atoms with E-state index in [2.05, 4.69) is 20.3 Å². The van der Waals surface area contributed by atoms with Crippen molar-refractivity contribution in [1.82, 2.24) is 15.0 Å². The summed E-state index contributed by atoms with van der Waals surface area (Å²) in [5.74, 6) is 1.87. The zero-order chi connectivity index (χ0) is 13.2. The van der Waals surface area contributed by atoms with Crippen LogP contribution in [0, 0.1) is 6.92 Å². The fourth-order valence-corrected chi connectivity index (χ4v) is 1.91. The third-order valence-corrected chi connectivity index (χ3v) is 3.17. The Hall–Kier alpha value is -2.17. The van der Waals surface area contributed by atoms with Crippen LogP contribution in [0.1, 0.15) is 35.8 Å². The Morgan fingerprint density at radius 2 is 2.26 bits per heavy atom. The van der Waals surface area contributed by atoms with Crippen molar-refractivity contribution in [2.45, 2.75) is 32.2 Å². The first-order valence-corrected chi connectivity index (χ1v) is 6.47. The highest BCUT2D eigenvalue weighted by Crippen LogP contribution is 2.37.